The summed E-state index contributed by atoms with van der Waals surface area (Å²) in [5, 5.41) is 9.73. The van der Waals surface area contributed by atoms with Crippen LogP contribution in [-0.2, 0) is 9.59 Å². The molecule has 1 aromatic carbocycles. The molecular formula is C20H17Cl2NO4S2. The lowest BCUT2D eigenvalue weighted by Crippen LogP contribution is -2.29. The number of carboxylic acids is 1. The number of rotatable bonds is 8. The molecule has 1 aromatic heterocycles. The Bertz CT molecular complexity index is 987. The van der Waals surface area contributed by atoms with Gasteiger partial charge in [-0.1, -0.05) is 53.6 Å². The smallest absolute Gasteiger partial charge is 0.303 e. The zero-order chi connectivity index (χ0) is 21.0. The summed E-state index contributed by atoms with van der Waals surface area (Å²) in [5.74, 6) is 0.0862. The highest BCUT2D eigenvalue weighted by Crippen LogP contribution is 2.35. The normalized spacial score (nSPS) is 15.5. The first kappa shape index (κ1) is 21.9. The maximum Gasteiger partial charge on any atom is 0.303 e. The van der Waals surface area contributed by atoms with Crippen LogP contribution in [0.5, 0.6) is 0 Å². The van der Waals surface area contributed by atoms with Crippen LogP contribution in [-0.4, -0.2) is 32.7 Å². The third-order valence-corrected chi connectivity index (χ3v) is 6.18. The van der Waals surface area contributed by atoms with Gasteiger partial charge in [0.1, 0.15) is 15.8 Å². The summed E-state index contributed by atoms with van der Waals surface area (Å²) in [5.41, 5.74) is 0.674. The molecule has 9 heteroatoms. The molecule has 152 valence electrons. The van der Waals surface area contributed by atoms with E-state index >= 15 is 0 Å². The number of hydrogen-bond acceptors (Lipinski definition) is 5. The molecule has 0 atom stereocenters. The summed E-state index contributed by atoms with van der Waals surface area (Å²) in [7, 11) is 0. The van der Waals surface area contributed by atoms with Gasteiger partial charge >= 0.3 is 5.97 Å². The first-order chi connectivity index (χ1) is 13.8. The van der Waals surface area contributed by atoms with Crippen molar-refractivity contribution in [3.8, 4) is 11.3 Å². The third-order valence-electron chi connectivity index (χ3n) is 4.24. The molecule has 2 heterocycles. The summed E-state index contributed by atoms with van der Waals surface area (Å²) in [6, 6.07) is 8.64. The minimum absolute atomic E-state index is 0.135. The summed E-state index contributed by atoms with van der Waals surface area (Å²) in [6.45, 7) is 0.475. The van der Waals surface area contributed by atoms with Crippen molar-refractivity contribution in [2.24, 2.45) is 0 Å². The molecule has 1 saturated heterocycles. The van der Waals surface area contributed by atoms with E-state index in [0.717, 1.165) is 6.42 Å². The molecule has 0 unspecified atom stereocenters. The van der Waals surface area contributed by atoms with E-state index in [-0.39, 0.29) is 12.3 Å². The molecule has 1 aliphatic rings. The lowest BCUT2D eigenvalue weighted by Gasteiger charge is -2.13. The van der Waals surface area contributed by atoms with Gasteiger partial charge < -0.3 is 9.52 Å². The van der Waals surface area contributed by atoms with E-state index < -0.39 is 5.97 Å². The van der Waals surface area contributed by atoms with Gasteiger partial charge in [-0.2, -0.15) is 0 Å². The molecule has 0 radical (unpaired) electrons. The number of aliphatic carboxylic acids is 1. The largest absolute Gasteiger partial charge is 0.481 e. The molecule has 1 N–H and O–H groups in total. The standard InChI is InChI=1S/C20H17Cl2NO4S2/c21-12-5-7-15(22)14(10-12)16-8-6-13(27-16)11-17-19(26)23(20(28)29-17)9-3-1-2-4-18(24)25/h5-8,10-11H,1-4,9H2,(H,24,25)/b17-11+. The van der Waals surface area contributed by atoms with Gasteiger partial charge in [-0.25, -0.2) is 0 Å². The zero-order valence-electron chi connectivity index (χ0n) is 15.2. The Balaban J connectivity index is 1.66. The number of carbonyl (C=O) groups is 2. The van der Waals surface area contributed by atoms with E-state index in [9.17, 15) is 9.59 Å². The fourth-order valence-corrected chi connectivity index (χ4v) is 4.48. The summed E-state index contributed by atoms with van der Waals surface area (Å²) in [4.78, 5) is 25.2. The molecule has 1 fully saturated rings. The number of unbranched alkanes of at least 4 members (excludes halogenated alkanes) is 2. The number of benzene rings is 1. The number of nitrogens with zero attached hydrogens (tertiary/aromatic N) is 1. The third kappa shape index (κ3) is 5.63. The topological polar surface area (TPSA) is 70.8 Å². The Kier molecular flexibility index (Phi) is 7.40. The van der Waals surface area contributed by atoms with Crippen LogP contribution in [0.2, 0.25) is 10.0 Å². The lowest BCUT2D eigenvalue weighted by atomic mass is 10.2. The monoisotopic (exact) mass is 469 g/mol. The van der Waals surface area contributed by atoms with E-state index in [1.807, 2.05) is 0 Å². The van der Waals surface area contributed by atoms with E-state index in [1.165, 1.54) is 11.8 Å². The van der Waals surface area contributed by atoms with Gasteiger partial charge in [0, 0.05) is 29.6 Å². The lowest BCUT2D eigenvalue weighted by molar-refractivity contribution is -0.137. The Labute approximate surface area is 187 Å². The van der Waals surface area contributed by atoms with Crippen molar-refractivity contribution < 1.29 is 19.1 Å². The second kappa shape index (κ2) is 9.80. The summed E-state index contributed by atoms with van der Waals surface area (Å²) in [6.07, 6.45) is 3.80. The van der Waals surface area contributed by atoms with Crippen molar-refractivity contribution >= 4 is 69.5 Å². The molecule has 0 saturated carbocycles. The zero-order valence-corrected chi connectivity index (χ0v) is 18.3. The SMILES string of the molecule is O=C(O)CCCCCN1C(=O)/C(=C\c2ccc(-c3cc(Cl)ccc3Cl)o2)SC1=S. The van der Waals surface area contributed by atoms with Crippen molar-refractivity contribution in [2.45, 2.75) is 25.7 Å². The van der Waals surface area contributed by atoms with Gasteiger partial charge in [0.05, 0.1) is 9.93 Å². The molecule has 1 amide bonds. The summed E-state index contributed by atoms with van der Waals surface area (Å²) >= 11 is 18.8. The van der Waals surface area contributed by atoms with Crippen LogP contribution in [0.1, 0.15) is 31.4 Å². The number of carbonyl (C=O) groups excluding carboxylic acids is 1. The number of amides is 1. The molecule has 0 aliphatic carbocycles. The Morgan fingerprint density at radius 1 is 1.21 bits per heavy atom. The van der Waals surface area contributed by atoms with Gasteiger partial charge in [0.25, 0.3) is 5.91 Å². The fourth-order valence-electron chi connectivity index (χ4n) is 2.81. The van der Waals surface area contributed by atoms with Crippen molar-refractivity contribution in [1.82, 2.24) is 4.90 Å². The summed E-state index contributed by atoms with van der Waals surface area (Å²) < 4.78 is 6.31. The van der Waals surface area contributed by atoms with Gasteiger partial charge in [0.15, 0.2) is 0 Å². The van der Waals surface area contributed by atoms with Crippen LogP contribution < -0.4 is 0 Å². The minimum atomic E-state index is -0.810. The quantitative estimate of drug-likeness (QED) is 0.286. The average Bonchev–Trinajstić information content (AvgIpc) is 3.23. The molecule has 0 spiro atoms. The molecule has 0 bridgehead atoms. The van der Waals surface area contributed by atoms with Gasteiger partial charge in [-0.3, -0.25) is 14.5 Å². The number of thiocarbonyl (C=S) groups is 1. The van der Waals surface area contributed by atoms with Crippen molar-refractivity contribution in [3.05, 3.63) is 51.0 Å². The highest BCUT2D eigenvalue weighted by Gasteiger charge is 2.31. The first-order valence-electron chi connectivity index (χ1n) is 8.87. The van der Waals surface area contributed by atoms with Crippen molar-refractivity contribution in [3.63, 3.8) is 0 Å². The van der Waals surface area contributed by atoms with E-state index in [1.54, 1.807) is 41.3 Å². The Hall–Kier alpha value is -1.80. The van der Waals surface area contributed by atoms with Crippen LogP contribution in [0, 0.1) is 0 Å². The van der Waals surface area contributed by atoms with Crippen molar-refractivity contribution in [2.75, 3.05) is 6.54 Å². The van der Waals surface area contributed by atoms with Gasteiger partial charge in [-0.15, -0.1) is 0 Å². The molecule has 3 rings (SSSR count). The minimum Gasteiger partial charge on any atom is -0.481 e. The second-order valence-corrected chi connectivity index (χ2v) is 8.88. The first-order valence-corrected chi connectivity index (χ1v) is 10.9. The molecule has 5 nitrogen and oxygen atoms in total. The molecular weight excluding hydrogens is 453 g/mol. The van der Waals surface area contributed by atoms with Crippen LogP contribution in [0.4, 0.5) is 0 Å². The maximum absolute atomic E-state index is 12.6. The average molecular weight is 470 g/mol. The molecule has 1 aliphatic heterocycles. The highest BCUT2D eigenvalue weighted by molar-refractivity contribution is 8.26. The van der Waals surface area contributed by atoms with E-state index in [0.29, 0.717) is 55.7 Å². The molecule has 2 aromatic rings. The van der Waals surface area contributed by atoms with Crippen LogP contribution in [0.3, 0.4) is 0 Å². The van der Waals surface area contributed by atoms with Crippen molar-refractivity contribution in [1.29, 1.82) is 0 Å². The van der Waals surface area contributed by atoms with E-state index in [4.69, 9.17) is 44.9 Å². The molecule has 29 heavy (non-hydrogen) atoms. The number of furan rings is 1. The predicted molar refractivity (Wildman–Crippen MR) is 120 cm³/mol. The van der Waals surface area contributed by atoms with Crippen LogP contribution in [0.15, 0.2) is 39.7 Å². The van der Waals surface area contributed by atoms with Crippen LogP contribution in [0.25, 0.3) is 17.4 Å². The number of halogens is 2. The highest BCUT2D eigenvalue weighted by atomic mass is 35.5. The number of carboxylic acid groups (broad SMARTS) is 1. The Morgan fingerprint density at radius 3 is 2.76 bits per heavy atom. The fraction of sp³-hybridized carbons (Fsp3) is 0.250. The second-order valence-electron chi connectivity index (χ2n) is 6.36. The maximum atomic E-state index is 12.6. The van der Waals surface area contributed by atoms with Gasteiger partial charge in [0.2, 0.25) is 0 Å². The van der Waals surface area contributed by atoms with E-state index in [2.05, 4.69) is 0 Å². The Morgan fingerprint density at radius 2 is 2.00 bits per heavy atom. The van der Waals surface area contributed by atoms with Gasteiger partial charge in [-0.05, 0) is 43.2 Å². The number of thioether (sulfide) groups is 1. The number of hydrogen-bond donors (Lipinski definition) is 1. The predicted octanol–water partition coefficient (Wildman–Crippen LogP) is 6.10. The van der Waals surface area contributed by atoms with Crippen LogP contribution >= 0.6 is 47.2 Å².